The fourth-order valence-electron chi connectivity index (χ4n) is 2.42. The Morgan fingerprint density at radius 2 is 2.08 bits per heavy atom. The highest BCUT2D eigenvalue weighted by Gasteiger charge is 2.08. The van der Waals surface area contributed by atoms with Gasteiger partial charge in [-0.3, -0.25) is 4.79 Å². The van der Waals surface area contributed by atoms with Crippen molar-refractivity contribution in [2.24, 2.45) is 0 Å². The van der Waals surface area contributed by atoms with Crippen LogP contribution >= 0.6 is 0 Å². The molecular weight excluding hydrogens is 304 g/mol. The third kappa shape index (κ3) is 3.34. The van der Waals surface area contributed by atoms with Crippen molar-refractivity contribution in [2.75, 3.05) is 17.7 Å². The van der Waals surface area contributed by atoms with Crippen LogP contribution in [0, 0.1) is 0 Å². The maximum absolute atomic E-state index is 11.9. The second-order valence-corrected chi connectivity index (χ2v) is 5.49. The smallest absolute Gasteiger partial charge is 0.245 e. The standard InChI is InChI=1S/C17H20N6O/c1-3-4-8-16(24)19-13-7-5-6-12(11-13)14-9-10-15-20-21-17(18-2)23(15)22-14/h5-7,9-11H,3-4,8H2,1-2H3,(H,18,21)(H,19,24). The third-order valence-electron chi connectivity index (χ3n) is 3.69. The van der Waals surface area contributed by atoms with Crippen molar-refractivity contribution in [3.8, 4) is 11.3 Å². The monoisotopic (exact) mass is 324 g/mol. The van der Waals surface area contributed by atoms with Gasteiger partial charge in [0.25, 0.3) is 0 Å². The fourth-order valence-corrected chi connectivity index (χ4v) is 2.42. The molecule has 1 aromatic carbocycles. The second kappa shape index (κ2) is 7.08. The first-order valence-corrected chi connectivity index (χ1v) is 8.01. The van der Waals surface area contributed by atoms with Gasteiger partial charge in [0.1, 0.15) is 0 Å². The number of nitrogens with zero attached hydrogens (tertiary/aromatic N) is 4. The molecule has 0 radical (unpaired) electrons. The molecule has 3 aromatic rings. The number of hydrogen-bond donors (Lipinski definition) is 2. The summed E-state index contributed by atoms with van der Waals surface area (Å²) in [6, 6.07) is 11.4. The number of anilines is 2. The zero-order valence-electron chi connectivity index (χ0n) is 13.8. The van der Waals surface area contributed by atoms with Crippen LogP contribution in [0.4, 0.5) is 11.6 Å². The normalized spacial score (nSPS) is 10.8. The van der Waals surface area contributed by atoms with Crippen LogP contribution in [0.25, 0.3) is 16.9 Å². The number of benzene rings is 1. The molecule has 1 amide bonds. The van der Waals surface area contributed by atoms with Gasteiger partial charge in [-0.25, -0.2) is 0 Å². The summed E-state index contributed by atoms with van der Waals surface area (Å²) in [6.45, 7) is 2.07. The number of fused-ring (bicyclic) bond motifs is 1. The molecule has 0 spiro atoms. The minimum Gasteiger partial charge on any atom is -0.356 e. The number of hydrogen-bond acceptors (Lipinski definition) is 5. The van der Waals surface area contributed by atoms with Crippen LogP contribution in [0.3, 0.4) is 0 Å². The van der Waals surface area contributed by atoms with Crippen LogP contribution in [0.1, 0.15) is 26.2 Å². The van der Waals surface area contributed by atoms with E-state index in [-0.39, 0.29) is 5.91 Å². The van der Waals surface area contributed by atoms with Crippen molar-refractivity contribution < 1.29 is 4.79 Å². The lowest BCUT2D eigenvalue weighted by Gasteiger charge is -2.07. The number of unbranched alkanes of at least 4 members (excludes halogenated alkanes) is 1. The Morgan fingerprint density at radius 1 is 1.21 bits per heavy atom. The van der Waals surface area contributed by atoms with E-state index in [9.17, 15) is 4.79 Å². The summed E-state index contributed by atoms with van der Waals surface area (Å²) in [4.78, 5) is 11.9. The van der Waals surface area contributed by atoms with Crippen LogP contribution in [-0.2, 0) is 4.79 Å². The summed E-state index contributed by atoms with van der Waals surface area (Å²) < 4.78 is 1.65. The molecule has 2 N–H and O–H groups in total. The minimum absolute atomic E-state index is 0.0358. The van der Waals surface area contributed by atoms with E-state index in [4.69, 9.17) is 0 Å². The number of rotatable bonds is 6. The zero-order chi connectivity index (χ0) is 16.9. The highest BCUT2D eigenvalue weighted by atomic mass is 16.1. The summed E-state index contributed by atoms with van der Waals surface area (Å²) in [5.41, 5.74) is 3.14. The van der Waals surface area contributed by atoms with Crippen LogP contribution in [0.2, 0.25) is 0 Å². The average Bonchev–Trinajstić information content (AvgIpc) is 3.02. The van der Waals surface area contributed by atoms with E-state index in [0.29, 0.717) is 18.0 Å². The Bertz CT molecular complexity index is 857. The summed E-state index contributed by atoms with van der Waals surface area (Å²) in [5.74, 6) is 0.615. The number of carbonyl (C=O) groups is 1. The molecule has 0 saturated heterocycles. The Labute approximate surface area is 140 Å². The first kappa shape index (κ1) is 15.9. The SMILES string of the molecule is CCCCC(=O)Nc1cccc(-c2ccc3nnc(NC)n3n2)c1. The molecule has 0 saturated carbocycles. The molecule has 24 heavy (non-hydrogen) atoms. The molecule has 0 aliphatic carbocycles. The van der Waals surface area contributed by atoms with Crippen molar-refractivity contribution in [1.82, 2.24) is 19.8 Å². The van der Waals surface area contributed by atoms with Gasteiger partial charge in [-0.2, -0.15) is 9.61 Å². The average molecular weight is 324 g/mol. The molecule has 124 valence electrons. The minimum atomic E-state index is 0.0358. The van der Waals surface area contributed by atoms with Gasteiger partial charge in [-0.05, 0) is 30.7 Å². The van der Waals surface area contributed by atoms with Gasteiger partial charge >= 0.3 is 0 Å². The Hall–Kier alpha value is -2.96. The molecule has 0 unspecified atom stereocenters. The summed E-state index contributed by atoms with van der Waals surface area (Å²) in [5, 5.41) is 18.5. The van der Waals surface area contributed by atoms with Gasteiger partial charge in [0.15, 0.2) is 5.65 Å². The lowest BCUT2D eigenvalue weighted by molar-refractivity contribution is -0.116. The maximum atomic E-state index is 11.9. The van der Waals surface area contributed by atoms with Crippen LogP contribution in [0.5, 0.6) is 0 Å². The van der Waals surface area contributed by atoms with Crippen LogP contribution in [0.15, 0.2) is 36.4 Å². The number of amides is 1. The molecule has 0 atom stereocenters. The van der Waals surface area contributed by atoms with Gasteiger partial charge in [-0.15, -0.1) is 10.2 Å². The predicted molar refractivity (Wildman–Crippen MR) is 93.9 cm³/mol. The van der Waals surface area contributed by atoms with E-state index in [1.807, 2.05) is 36.4 Å². The van der Waals surface area contributed by atoms with E-state index >= 15 is 0 Å². The molecule has 3 rings (SSSR count). The maximum Gasteiger partial charge on any atom is 0.245 e. The lowest BCUT2D eigenvalue weighted by atomic mass is 10.1. The Balaban J connectivity index is 1.87. The molecule has 7 nitrogen and oxygen atoms in total. The fraction of sp³-hybridized carbons (Fsp3) is 0.294. The van der Waals surface area contributed by atoms with Crippen molar-refractivity contribution >= 4 is 23.2 Å². The number of carbonyl (C=O) groups excluding carboxylic acids is 1. The summed E-state index contributed by atoms with van der Waals surface area (Å²) in [6.07, 6.45) is 2.44. The predicted octanol–water partition coefficient (Wildman–Crippen LogP) is 2.96. The van der Waals surface area contributed by atoms with Gasteiger partial charge in [0.2, 0.25) is 11.9 Å². The molecule has 0 bridgehead atoms. The summed E-state index contributed by atoms with van der Waals surface area (Å²) in [7, 11) is 1.78. The van der Waals surface area contributed by atoms with Gasteiger partial charge in [0, 0.05) is 24.7 Å². The molecule has 0 aliphatic heterocycles. The zero-order valence-corrected chi connectivity index (χ0v) is 13.8. The van der Waals surface area contributed by atoms with Crippen molar-refractivity contribution in [3.63, 3.8) is 0 Å². The largest absolute Gasteiger partial charge is 0.356 e. The topological polar surface area (TPSA) is 84.2 Å². The van der Waals surface area contributed by atoms with Crippen LogP contribution < -0.4 is 10.6 Å². The highest BCUT2D eigenvalue weighted by molar-refractivity contribution is 5.91. The first-order chi connectivity index (χ1) is 11.7. The van der Waals surface area contributed by atoms with Gasteiger partial charge in [0.05, 0.1) is 5.69 Å². The second-order valence-electron chi connectivity index (χ2n) is 5.49. The van der Waals surface area contributed by atoms with E-state index < -0.39 is 0 Å². The van der Waals surface area contributed by atoms with Crippen molar-refractivity contribution in [1.29, 1.82) is 0 Å². The van der Waals surface area contributed by atoms with E-state index in [0.717, 1.165) is 29.8 Å². The molecular formula is C17H20N6O. The van der Waals surface area contributed by atoms with Gasteiger partial charge in [-0.1, -0.05) is 25.5 Å². The Morgan fingerprint density at radius 3 is 2.88 bits per heavy atom. The lowest BCUT2D eigenvalue weighted by Crippen LogP contribution is -2.10. The Kier molecular flexibility index (Phi) is 4.69. The number of nitrogens with one attached hydrogen (secondary N) is 2. The van der Waals surface area contributed by atoms with Crippen molar-refractivity contribution in [2.45, 2.75) is 26.2 Å². The molecule has 2 aromatic heterocycles. The number of aromatic nitrogens is 4. The van der Waals surface area contributed by atoms with Crippen molar-refractivity contribution in [3.05, 3.63) is 36.4 Å². The molecule has 2 heterocycles. The van der Waals surface area contributed by atoms with E-state index in [2.05, 4.69) is 32.9 Å². The molecule has 0 aliphatic rings. The van der Waals surface area contributed by atoms with Gasteiger partial charge < -0.3 is 10.6 Å². The van der Waals surface area contributed by atoms with E-state index in [1.54, 1.807) is 11.6 Å². The summed E-state index contributed by atoms with van der Waals surface area (Å²) >= 11 is 0. The first-order valence-electron chi connectivity index (χ1n) is 8.01. The van der Waals surface area contributed by atoms with Crippen LogP contribution in [-0.4, -0.2) is 32.8 Å². The highest BCUT2D eigenvalue weighted by Crippen LogP contribution is 2.22. The molecule has 0 fully saturated rings. The quantitative estimate of drug-likeness (QED) is 0.728. The van der Waals surface area contributed by atoms with E-state index in [1.165, 1.54) is 0 Å². The third-order valence-corrected chi connectivity index (χ3v) is 3.69. The molecule has 7 heteroatoms.